The Morgan fingerprint density at radius 1 is 0.667 bits per heavy atom. The molecule has 104 valence electrons. The number of hydrogen-bond donors (Lipinski definition) is 0. The van der Waals surface area contributed by atoms with Gasteiger partial charge in [0.25, 0.3) is 0 Å². The van der Waals surface area contributed by atoms with Gasteiger partial charge in [-0.15, -0.1) is 0 Å². The Hall–Kier alpha value is -0.420. The molecule has 0 heterocycles. The molecule has 0 unspecified atom stereocenters. The summed E-state index contributed by atoms with van der Waals surface area (Å²) in [7, 11) is 0. The summed E-state index contributed by atoms with van der Waals surface area (Å²) in [4.78, 5) is 0. The van der Waals surface area contributed by atoms with Crippen molar-refractivity contribution in [1.29, 1.82) is 0 Å². The summed E-state index contributed by atoms with van der Waals surface area (Å²) in [6.07, 6.45) is -9.55. The Morgan fingerprint density at radius 3 is 1.28 bits per heavy atom. The van der Waals surface area contributed by atoms with E-state index in [2.05, 4.69) is 0 Å². The number of hydrogen-bond acceptors (Lipinski definition) is 0. The van der Waals surface area contributed by atoms with Crippen LogP contribution in [0.25, 0.3) is 0 Å². The quantitative estimate of drug-likeness (QED) is 0.561. The van der Waals surface area contributed by atoms with Gasteiger partial charge in [-0.3, -0.25) is 0 Å². The summed E-state index contributed by atoms with van der Waals surface area (Å²) in [5.41, 5.74) is -4.13. The molecule has 0 radical (unpaired) electrons. The zero-order valence-electron chi connectivity index (χ0n) is 9.67. The van der Waals surface area contributed by atoms with Crippen molar-refractivity contribution < 1.29 is 26.3 Å². The van der Waals surface area contributed by atoms with Crippen molar-refractivity contribution in [3.05, 3.63) is 0 Å². The zero-order chi connectivity index (χ0) is 13.4. The molecule has 18 heavy (non-hydrogen) atoms. The minimum Gasteiger partial charge on any atom is -0.171 e. The Bertz CT molecular complexity index is 320. The van der Waals surface area contributed by atoms with E-state index in [9.17, 15) is 26.3 Å². The van der Waals surface area contributed by atoms with Crippen LogP contribution >= 0.6 is 0 Å². The molecule has 0 aliphatic heterocycles. The molecule has 0 saturated heterocycles. The lowest BCUT2D eigenvalue weighted by Gasteiger charge is -2.62. The lowest BCUT2D eigenvalue weighted by atomic mass is 9.43. The van der Waals surface area contributed by atoms with Gasteiger partial charge in [0, 0.05) is 0 Å². The Kier molecular flexibility index (Phi) is 2.23. The molecule has 0 atom stereocenters. The van der Waals surface area contributed by atoms with Gasteiger partial charge in [-0.2, -0.15) is 26.3 Å². The van der Waals surface area contributed by atoms with E-state index in [1.807, 2.05) is 0 Å². The maximum atomic E-state index is 13.2. The van der Waals surface area contributed by atoms with Gasteiger partial charge >= 0.3 is 12.4 Å². The molecule has 4 rings (SSSR count). The minimum atomic E-state index is -4.50. The van der Waals surface area contributed by atoms with E-state index in [0.717, 1.165) is 0 Å². The first-order chi connectivity index (χ1) is 8.07. The minimum absolute atomic E-state index is 0.0924. The predicted octanol–water partition coefficient (Wildman–Crippen LogP) is 4.70. The topological polar surface area (TPSA) is 0 Å². The second-order valence-electron chi connectivity index (χ2n) is 6.52. The molecule has 0 N–H and O–H groups in total. The third-order valence-corrected chi connectivity index (χ3v) is 5.26. The second-order valence-corrected chi connectivity index (χ2v) is 6.52. The van der Waals surface area contributed by atoms with Crippen molar-refractivity contribution in [2.45, 2.75) is 50.9 Å². The average molecular weight is 272 g/mol. The molecule has 0 amide bonds. The summed E-state index contributed by atoms with van der Waals surface area (Å²) in [5, 5.41) is 0. The van der Waals surface area contributed by atoms with Gasteiger partial charge in [0.15, 0.2) is 0 Å². The number of rotatable bonds is 0. The fraction of sp³-hybridized carbons (Fsp3) is 1.00. The first-order valence-corrected chi connectivity index (χ1v) is 6.20. The van der Waals surface area contributed by atoms with Gasteiger partial charge in [0.2, 0.25) is 0 Å². The molecule has 4 saturated carbocycles. The molecule has 0 aromatic carbocycles. The van der Waals surface area contributed by atoms with Crippen LogP contribution in [0.5, 0.6) is 0 Å². The number of alkyl halides is 6. The fourth-order valence-corrected chi connectivity index (χ4v) is 4.93. The number of halogens is 6. The molecule has 0 aromatic heterocycles. The molecular formula is C12H14F6. The van der Waals surface area contributed by atoms with Crippen LogP contribution in [0.3, 0.4) is 0 Å². The predicted molar refractivity (Wildman–Crippen MR) is 51.7 cm³/mol. The second kappa shape index (κ2) is 3.18. The fourth-order valence-electron chi connectivity index (χ4n) is 4.93. The molecule has 4 bridgehead atoms. The highest BCUT2D eigenvalue weighted by Crippen LogP contribution is 2.72. The van der Waals surface area contributed by atoms with Crippen molar-refractivity contribution in [1.82, 2.24) is 0 Å². The molecule has 4 aliphatic carbocycles. The van der Waals surface area contributed by atoms with E-state index in [4.69, 9.17) is 0 Å². The van der Waals surface area contributed by atoms with Crippen LogP contribution in [0.15, 0.2) is 0 Å². The van der Waals surface area contributed by atoms with E-state index in [0.29, 0.717) is 6.42 Å². The van der Waals surface area contributed by atoms with Crippen LogP contribution in [0.2, 0.25) is 0 Å². The van der Waals surface area contributed by atoms with Crippen molar-refractivity contribution in [3.8, 4) is 0 Å². The Balaban J connectivity index is 2.03. The third kappa shape index (κ3) is 1.46. The summed E-state index contributed by atoms with van der Waals surface area (Å²) in [5.74, 6) is -0.788. The highest BCUT2D eigenvalue weighted by Gasteiger charge is 2.72. The van der Waals surface area contributed by atoms with Crippen molar-refractivity contribution in [2.75, 3.05) is 0 Å². The Labute approximate surface area is 101 Å². The Morgan fingerprint density at radius 2 is 1.00 bits per heavy atom. The van der Waals surface area contributed by atoms with Crippen molar-refractivity contribution >= 4 is 0 Å². The van der Waals surface area contributed by atoms with Crippen molar-refractivity contribution in [2.24, 2.45) is 22.7 Å². The van der Waals surface area contributed by atoms with Crippen LogP contribution in [0.4, 0.5) is 26.3 Å². The van der Waals surface area contributed by atoms with Crippen LogP contribution in [0.1, 0.15) is 38.5 Å². The van der Waals surface area contributed by atoms with E-state index in [-0.39, 0.29) is 25.7 Å². The van der Waals surface area contributed by atoms with Crippen LogP contribution < -0.4 is 0 Å². The molecule has 0 aromatic rings. The summed E-state index contributed by atoms with van der Waals surface area (Å²) in [6, 6.07) is 0. The smallest absolute Gasteiger partial charge is 0.171 e. The van der Waals surface area contributed by atoms with Gasteiger partial charge < -0.3 is 0 Å². The highest BCUT2D eigenvalue weighted by atomic mass is 19.4. The molecule has 4 aliphatic rings. The van der Waals surface area contributed by atoms with Crippen LogP contribution in [-0.4, -0.2) is 12.4 Å². The largest absolute Gasteiger partial charge is 0.394 e. The zero-order valence-corrected chi connectivity index (χ0v) is 9.67. The first kappa shape index (κ1) is 12.6. The van der Waals surface area contributed by atoms with Crippen molar-refractivity contribution in [3.63, 3.8) is 0 Å². The van der Waals surface area contributed by atoms with Crippen LogP contribution in [-0.2, 0) is 0 Å². The third-order valence-electron chi connectivity index (χ3n) is 5.26. The average Bonchev–Trinajstić information content (AvgIpc) is 2.11. The monoisotopic (exact) mass is 272 g/mol. The maximum absolute atomic E-state index is 13.2. The standard InChI is InChI=1S/C12H14F6/c13-11(14,15)9-2-7-1-8(4-9)5-10(3-7,6-9)12(16,17)18/h7-8H,1-6H2. The van der Waals surface area contributed by atoms with Gasteiger partial charge in [-0.05, 0) is 50.4 Å². The molecular weight excluding hydrogens is 258 g/mol. The van der Waals surface area contributed by atoms with E-state index in [1.165, 1.54) is 0 Å². The van der Waals surface area contributed by atoms with E-state index in [1.54, 1.807) is 0 Å². The lowest BCUT2D eigenvalue weighted by molar-refractivity contribution is -0.337. The maximum Gasteiger partial charge on any atom is 0.394 e. The molecule has 6 heteroatoms. The molecule has 0 nitrogen and oxygen atoms in total. The van der Waals surface area contributed by atoms with Gasteiger partial charge in [0.05, 0.1) is 10.8 Å². The summed E-state index contributed by atoms with van der Waals surface area (Å²) in [6.45, 7) is 0. The molecule has 4 fully saturated rings. The van der Waals surface area contributed by atoms with E-state index >= 15 is 0 Å². The first-order valence-electron chi connectivity index (χ1n) is 6.20. The normalized spacial score (nSPS) is 47.7. The van der Waals surface area contributed by atoms with E-state index < -0.39 is 41.4 Å². The summed E-state index contributed by atoms with van der Waals surface area (Å²) < 4.78 is 79.1. The van der Waals surface area contributed by atoms with Gasteiger partial charge in [-0.25, -0.2) is 0 Å². The van der Waals surface area contributed by atoms with Crippen LogP contribution in [0, 0.1) is 22.7 Å². The summed E-state index contributed by atoms with van der Waals surface area (Å²) >= 11 is 0. The lowest BCUT2D eigenvalue weighted by Crippen LogP contribution is -2.61. The SMILES string of the molecule is FC(F)(F)C12CC3CC(C1)CC(C(F)(F)F)(C3)C2. The highest BCUT2D eigenvalue weighted by molar-refractivity contribution is 5.12. The van der Waals surface area contributed by atoms with Gasteiger partial charge in [0.1, 0.15) is 0 Å². The van der Waals surface area contributed by atoms with Gasteiger partial charge in [-0.1, -0.05) is 0 Å². The molecule has 0 spiro atoms.